The lowest BCUT2D eigenvalue weighted by molar-refractivity contribution is 0.0629. The van der Waals surface area contributed by atoms with Gasteiger partial charge in [0.1, 0.15) is 0 Å². The minimum atomic E-state index is -3.38. The monoisotopic (exact) mass is 423 g/mol. The van der Waals surface area contributed by atoms with Crippen molar-refractivity contribution in [2.24, 2.45) is 0 Å². The van der Waals surface area contributed by atoms with Gasteiger partial charge >= 0.3 is 0 Å². The number of carbonyl (C=O) groups is 1. The van der Waals surface area contributed by atoms with Crippen molar-refractivity contribution in [2.75, 3.05) is 37.2 Å². The van der Waals surface area contributed by atoms with E-state index in [1.54, 1.807) is 24.3 Å². The van der Waals surface area contributed by atoms with Crippen LogP contribution in [0.25, 0.3) is 10.8 Å². The number of rotatable bonds is 5. The second-order valence-corrected chi connectivity index (χ2v) is 9.41. The molecule has 1 N–H and O–H groups in total. The lowest BCUT2D eigenvalue weighted by atomic mass is 10.0. The van der Waals surface area contributed by atoms with Gasteiger partial charge in [0.2, 0.25) is 10.0 Å². The molecule has 156 valence electrons. The number of nitrogens with one attached hydrogen (secondary N) is 1. The standard InChI is InChI=1S/C23H25N3O3S/c1-30(28,29)24-21-10-5-8-19(16-21)23(27)26-14-12-25(13-15-26)17-20-9-4-7-18-6-2-3-11-22(18)20/h2-11,16,24H,12-15,17H2,1H3. The lowest BCUT2D eigenvalue weighted by Gasteiger charge is -2.35. The summed E-state index contributed by atoms with van der Waals surface area (Å²) in [5, 5.41) is 2.51. The summed E-state index contributed by atoms with van der Waals surface area (Å²) in [4.78, 5) is 17.1. The van der Waals surface area contributed by atoms with Crippen molar-refractivity contribution in [3.8, 4) is 0 Å². The molecule has 1 aliphatic heterocycles. The Morgan fingerprint density at radius 3 is 2.40 bits per heavy atom. The third-order valence-electron chi connectivity index (χ3n) is 5.35. The van der Waals surface area contributed by atoms with Gasteiger partial charge in [0, 0.05) is 44.0 Å². The van der Waals surface area contributed by atoms with Gasteiger partial charge in [-0.2, -0.15) is 0 Å². The molecule has 1 amide bonds. The molecule has 0 aromatic heterocycles. The van der Waals surface area contributed by atoms with Crippen LogP contribution in [0.2, 0.25) is 0 Å². The Morgan fingerprint density at radius 1 is 0.933 bits per heavy atom. The van der Waals surface area contributed by atoms with Gasteiger partial charge in [-0.15, -0.1) is 0 Å². The molecular formula is C23H25N3O3S. The molecule has 6 nitrogen and oxygen atoms in total. The van der Waals surface area contributed by atoms with Crippen LogP contribution in [-0.4, -0.2) is 56.6 Å². The van der Waals surface area contributed by atoms with Gasteiger partial charge < -0.3 is 4.90 Å². The Balaban J connectivity index is 1.40. The Labute approximate surface area is 177 Å². The number of anilines is 1. The van der Waals surface area contributed by atoms with Gasteiger partial charge in [-0.05, 0) is 34.5 Å². The van der Waals surface area contributed by atoms with Crippen LogP contribution in [0.5, 0.6) is 0 Å². The van der Waals surface area contributed by atoms with Gasteiger partial charge in [0.15, 0.2) is 0 Å². The number of hydrogen-bond donors (Lipinski definition) is 1. The summed E-state index contributed by atoms with van der Waals surface area (Å²) in [7, 11) is -3.38. The zero-order chi connectivity index (χ0) is 21.1. The summed E-state index contributed by atoms with van der Waals surface area (Å²) < 4.78 is 25.3. The molecule has 0 aliphatic carbocycles. The Morgan fingerprint density at radius 2 is 1.63 bits per heavy atom. The summed E-state index contributed by atoms with van der Waals surface area (Å²) in [6.07, 6.45) is 1.09. The van der Waals surface area contributed by atoms with Crippen LogP contribution in [-0.2, 0) is 16.6 Å². The molecule has 0 atom stereocenters. The largest absolute Gasteiger partial charge is 0.336 e. The van der Waals surface area contributed by atoms with Crippen molar-refractivity contribution >= 4 is 32.4 Å². The van der Waals surface area contributed by atoms with Gasteiger partial charge in [-0.1, -0.05) is 48.5 Å². The van der Waals surface area contributed by atoms with Crippen molar-refractivity contribution in [3.05, 3.63) is 77.9 Å². The zero-order valence-corrected chi connectivity index (χ0v) is 17.7. The predicted molar refractivity (Wildman–Crippen MR) is 120 cm³/mol. The van der Waals surface area contributed by atoms with Crippen molar-refractivity contribution in [1.29, 1.82) is 0 Å². The van der Waals surface area contributed by atoms with Crippen molar-refractivity contribution in [1.82, 2.24) is 9.80 Å². The van der Waals surface area contributed by atoms with Crippen LogP contribution in [0.3, 0.4) is 0 Å². The molecule has 0 unspecified atom stereocenters. The van der Waals surface area contributed by atoms with E-state index < -0.39 is 10.0 Å². The number of benzene rings is 3. The summed E-state index contributed by atoms with van der Waals surface area (Å²) in [6.45, 7) is 3.75. The molecule has 0 spiro atoms. The second kappa shape index (κ2) is 8.45. The van der Waals surface area contributed by atoms with E-state index in [-0.39, 0.29) is 5.91 Å². The van der Waals surface area contributed by atoms with Crippen molar-refractivity contribution in [3.63, 3.8) is 0 Å². The van der Waals surface area contributed by atoms with Crippen LogP contribution in [0.4, 0.5) is 5.69 Å². The van der Waals surface area contributed by atoms with E-state index in [1.807, 2.05) is 4.90 Å². The third-order valence-corrected chi connectivity index (χ3v) is 5.95. The number of carbonyl (C=O) groups excluding carboxylic acids is 1. The number of fused-ring (bicyclic) bond motifs is 1. The van der Waals surface area contributed by atoms with E-state index in [2.05, 4.69) is 52.1 Å². The minimum absolute atomic E-state index is 0.0723. The molecule has 0 bridgehead atoms. The second-order valence-electron chi connectivity index (χ2n) is 7.66. The fourth-order valence-corrected chi connectivity index (χ4v) is 4.45. The first-order valence-electron chi connectivity index (χ1n) is 9.95. The Bertz CT molecular complexity index is 1160. The molecule has 0 radical (unpaired) electrons. The first kappa shape index (κ1) is 20.4. The highest BCUT2D eigenvalue weighted by Gasteiger charge is 2.22. The summed E-state index contributed by atoms with van der Waals surface area (Å²) in [5.41, 5.74) is 2.19. The van der Waals surface area contributed by atoms with Crippen LogP contribution in [0, 0.1) is 0 Å². The van der Waals surface area contributed by atoms with E-state index in [4.69, 9.17) is 0 Å². The highest BCUT2D eigenvalue weighted by atomic mass is 32.2. The highest BCUT2D eigenvalue weighted by Crippen LogP contribution is 2.21. The summed E-state index contributed by atoms with van der Waals surface area (Å²) in [5.74, 6) is -0.0723. The van der Waals surface area contributed by atoms with E-state index >= 15 is 0 Å². The molecule has 0 saturated carbocycles. The average molecular weight is 424 g/mol. The number of amides is 1. The number of nitrogens with zero attached hydrogens (tertiary/aromatic N) is 2. The SMILES string of the molecule is CS(=O)(=O)Nc1cccc(C(=O)N2CCN(Cc3cccc4ccccc34)CC2)c1. The summed E-state index contributed by atoms with van der Waals surface area (Å²) >= 11 is 0. The molecule has 4 rings (SSSR count). The van der Waals surface area contributed by atoms with Gasteiger partial charge in [0.05, 0.1) is 6.26 Å². The number of sulfonamides is 1. The van der Waals surface area contributed by atoms with Crippen molar-refractivity contribution in [2.45, 2.75) is 6.54 Å². The minimum Gasteiger partial charge on any atom is -0.336 e. The van der Waals surface area contributed by atoms with E-state index in [0.29, 0.717) is 24.3 Å². The molecule has 7 heteroatoms. The Hall–Kier alpha value is -2.90. The van der Waals surface area contributed by atoms with Gasteiger partial charge in [-0.3, -0.25) is 14.4 Å². The fraction of sp³-hybridized carbons (Fsp3) is 0.261. The van der Waals surface area contributed by atoms with Crippen LogP contribution < -0.4 is 4.72 Å². The van der Waals surface area contributed by atoms with Crippen molar-refractivity contribution < 1.29 is 13.2 Å². The smallest absolute Gasteiger partial charge is 0.254 e. The highest BCUT2D eigenvalue weighted by molar-refractivity contribution is 7.92. The molecule has 3 aromatic carbocycles. The van der Waals surface area contributed by atoms with Crippen LogP contribution >= 0.6 is 0 Å². The van der Waals surface area contributed by atoms with Crippen LogP contribution in [0.15, 0.2) is 66.7 Å². The van der Waals surface area contributed by atoms with Crippen LogP contribution in [0.1, 0.15) is 15.9 Å². The Kier molecular flexibility index (Phi) is 5.74. The maximum absolute atomic E-state index is 12.9. The molecule has 1 saturated heterocycles. The first-order valence-corrected chi connectivity index (χ1v) is 11.8. The normalized spacial score (nSPS) is 15.3. The quantitative estimate of drug-likeness (QED) is 0.684. The topological polar surface area (TPSA) is 69.7 Å². The predicted octanol–water partition coefficient (Wildman–Crippen LogP) is 3.17. The maximum Gasteiger partial charge on any atom is 0.254 e. The molecule has 1 aliphatic rings. The number of hydrogen-bond acceptors (Lipinski definition) is 4. The molecule has 3 aromatic rings. The summed E-state index contributed by atoms with van der Waals surface area (Å²) in [6, 6.07) is 21.4. The van der Waals surface area contributed by atoms with E-state index in [0.717, 1.165) is 25.9 Å². The molecule has 1 fully saturated rings. The van der Waals surface area contributed by atoms with E-state index in [9.17, 15) is 13.2 Å². The fourth-order valence-electron chi connectivity index (χ4n) is 3.89. The maximum atomic E-state index is 12.9. The lowest BCUT2D eigenvalue weighted by Crippen LogP contribution is -2.48. The molecule has 1 heterocycles. The zero-order valence-electron chi connectivity index (χ0n) is 16.9. The van der Waals surface area contributed by atoms with Gasteiger partial charge in [0.25, 0.3) is 5.91 Å². The first-order chi connectivity index (χ1) is 14.4. The van der Waals surface area contributed by atoms with Gasteiger partial charge in [-0.25, -0.2) is 8.42 Å². The number of piperazine rings is 1. The molecule has 30 heavy (non-hydrogen) atoms. The third kappa shape index (κ3) is 4.80. The molecular weight excluding hydrogens is 398 g/mol. The van der Waals surface area contributed by atoms with E-state index in [1.165, 1.54) is 16.3 Å². The average Bonchev–Trinajstić information content (AvgIpc) is 2.73.